The monoisotopic (exact) mass is 325 g/mol. The molecule has 1 aliphatic heterocycles. The number of fused-ring (bicyclic) bond motifs is 1. The molecule has 0 spiro atoms. The van der Waals surface area contributed by atoms with E-state index in [-0.39, 0.29) is 12.5 Å². The number of anilines is 1. The summed E-state index contributed by atoms with van der Waals surface area (Å²) in [5.74, 6) is 0.0464. The second-order valence-electron chi connectivity index (χ2n) is 5.03. The zero-order valence-corrected chi connectivity index (χ0v) is 13.1. The minimum atomic E-state index is 0.0464. The van der Waals surface area contributed by atoms with Gasteiger partial charge in [-0.3, -0.25) is 4.79 Å². The molecule has 2 rings (SSSR count). The van der Waals surface area contributed by atoms with Crippen LogP contribution in [0.3, 0.4) is 0 Å². The van der Waals surface area contributed by atoms with E-state index in [2.05, 4.69) is 41.1 Å². The first-order valence-electron chi connectivity index (χ1n) is 6.67. The van der Waals surface area contributed by atoms with Crippen molar-refractivity contribution in [2.24, 2.45) is 0 Å². The molecule has 1 unspecified atom stereocenters. The Balaban J connectivity index is 2.23. The van der Waals surface area contributed by atoms with Crippen LogP contribution < -0.4 is 4.90 Å². The number of aryl methyl sites for hydroxylation is 1. The Hall–Kier alpha value is -0.870. The fourth-order valence-electron chi connectivity index (χ4n) is 2.56. The zero-order chi connectivity index (χ0) is 13.8. The van der Waals surface area contributed by atoms with Crippen molar-refractivity contribution in [1.82, 2.24) is 0 Å². The summed E-state index contributed by atoms with van der Waals surface area (Å²) in [4.78, 5) is 14.3. The molecule has 19 heavy (non-hydrogen) atoms. The highest BCUT2D eigenvalue weighted by Crippen LogP contribution is 2.29. The fourth-order valence-corrected chi connectivity index (χ4v) is 2.94. The number of rotatable bonds is 4. The van der Waals surface area contributed by atoms with Crippen molar-refractivity contribution in [2.75, 3.05) is 25.2 Å². The molecule has 4 heteroatoms. The lowest BCUT2D eigenvalue weighted by atomic mass is 9.97. The van der Waals surface area contributed by atoms with Gasteiger partial charge in [0.05, 0.1) is 0 Å². The molecular weight excluding hydrogens is 306 g/mol. The number of hydrogen-bond acceptors (Lipinski definition) is 2. The van der Waals surface area contributed by atoms with Gasteiger partial charge < -0.3 is 9.64 Å². The predicted molar refractivity (Wildman–Crippen MR) is 81.1 cm³/mol. The van der Waals surface area contributed by atoms with Gasteiger partial charge in [0.25, 0.3) is 5.91 Å². The van der Waals surface area contributed by atoms with E-state index < -0.39 is 0 Å². The summed E-state index contributed by atoms with van der Waals surface area (Å²) >= 11 is 3.58. The number of amides is 1. The second kappa shape index (κ2) is 6.53. The third-order valence-corrected chi connectivity index (χ3v) is 3.67. The molecule has 1 aromatic rings. The van der Waals surface area contributed by atoms with Gasteiger partial charge >= 0.3 is 0 Å². The van der Waals surface area contributed by atoms with Crippen LogP contribution in [0.1, 0.15) is 24.5 Å². The zero-order valence-electron chi connectivity index (χ0n) is 11.5. The predicted octanol–water partition coefficient (Wildman–Crippen LogP) is 2.94. The molecule has 104 valence electrons. The molecule has 1 aliphatic rings. The van der Waals surface area contributed by atoms with Crippen molar-refractivity contribution >= 4 is 27.5 Å². The van der Waals surface area contributed by atoms with Crippen LogP contribution >= 0.6 is 15.9 Å². The van der Waals surface area contributed by atoms with Gasteiger partial charge in [0.2, 0.25) is 0 Å². The summed E-state index contributed by atoms with van der Waals surface area (Å²) in [5.41, 5.74) is 3.66. The van der Waals surface area contributed by atoms with E-state index in [4.69, 9.17) is 4.74 Å². The molecule has 0 aliphatic carbocycles. The summed E-state index contributed by atoms with van der Waals surface area (Å²) < 4.78 is 4.95. The molecule has 0 fully saturated rings. The Morgan fingerprint density at radius 2 is 2.32 bits per heavy atom. The Bertz CT molecular complexity index is 459. The topological polar surface area (TPSA) is 29.5 Å². The van der Waals surface area contributed by atoms with Crippen molar-refractivity contribution < 1.29 is 9.53 Å². The highest BCUT2D eigenvalue weighted by atomic mass is 79.9. The SMILES string of the molecule is COCC(=O)N1CCCc2cc(CC(C)Br)ccc21. The Kier molecular flexibility index (Phi) is 4.99. The number of ether oxygens (including phenoxy) is 1. The van der Waals surface area contributed by atoms with E-state index in [0.717, 1.165) is 31.5 Å². The van der Waals surface area contributed by atoms with Crippen molar-refractivity contribution in [3.8, 4) is 0 Å². The Morgan fingerprint density at radius 3 is 3.00 bits per heavy atom. The van der Waals surface area contributed by atoms with Crippen molar-refractivity contribution in [3.63, 3.8) is 0 Å². The van der Waals surface area contributed by atoms with Crippen LogP contribution in [0.5, 0.6) is 0 Å². The van der Waals surface area contributed by atoms with Crippen LogP contribution in [0, 0.1) is 0 Å². The minimum Gasteiger partial charge on any atom is -0.375 e. The molecule has 0 aromatic heterocycles. The molecule has 0 saturated carbocycles. The van der Waals surface area contributed by atoms with Gasteiger partial charge in [-0.15, -0.1) is 0 Å². The standard InChI is InChI=1S/C15H20BrNO2/c1-11(16)8-12-5-6-14-13(9-12)4-3-7-17(14)15(18)10-19-2/h5-6,9,11H,3-4,7-8,10H2,1-2H3. The maximum absolute atomic E-state index is 12.0. The summed E-state index contributed by atoms with van der Waals surface area (Å²) in [6, 6.07) is 6.43. The summed E-state index contributed by atoms with van der Waals surface area (Å²) in [5, 5.41) is 0. The quantitative estimate of drug-likeness (QED) is 0.796. The number of methoxy groups -OCH3 is 1. The van der Waals surface area contributed by atoms with Crippen LogP contribution in [-0.2, 0) is 22.4 Å². The van der Waals surface area contributed by atoms with Gasteiger partial charge in [-0.2, -0.15) is 0 Å². The molecular formula is C15H20BrNO2. The first-order valence-corrected chi connectivity index (χ1v) is 7.58. The maximum atomic E-state index is 12.0. The molecule has 3 nitrogen and oxygen atoms in total. The number of halogens is 1. The first-order chi connectivity index (χ1) is 9.11. The lowest BCUT2D eigenvalue weighted by Gasteiger charge is -2.29. The third-order valence-electron chi connectivity index (χ3n) is 3.35. The fraction of sp³-hybridized carbons (Fsp3) is 0.533. The molecule has 0 bridgehead atoms. The normalized spacial score (nSPS) is 16.1. The Morgan fingerprint density at radius 1 is 1.53 bits per heavy atom. The van der Waals surface area contributed by atoms with Crippen LogP contribution in [-0.4, -0.2) is 31.0 Å². The van der Waals surface area contributed by atoms with E-state index in [1.54, 1.807) is 7.11 Å². The van der Waals surface area contributed by atoms with Crippen molar-refractivity contribution in [2.45, 2.75) is 31.0 Å². The van der Waals surface area contributed by atoms with Crippen molar-refractivity contribution in [1.29, 1.82) is 0 Å². The van der Waals surface area contributed by atoms with E-state index in [1.807, 2.05) is 4.90 Å². The molecule has 1 heterocycles. The van der Waals surface area contributed by atoms with Gasteiger partial charge in [-0.25, -0.2) is 0 Å². The summed E-state index contributed by atoms with van der Waals surface area (Å²) in [6.45, 7) is 3.09. The highest BCUT2D eigenvalue weighted by molar-refractivity contribution is 9.09. The van der Waals surface area contributed by atoms with Gasteiger partial charge in [0, 0.05) is 24.2 Å². The Labute approximate surface area is 123 Å². The van der Waals surface area contributed by atoms with Gasteiger partial charge in [0.15, 0.2) is 0 Å². The van der Waals surface area contributed by atoms with Crippen LogP contribution in [0.25, 0.3) is 0 Å². The van der Waals surface area contributed by atoms with E-state index >= 15 is 0 Å². The average molecular weight is 326 g/mol. The second-order valence-corrected chi connectivity index (χ2v) is 6.59. The number of alkyl halides is 1. The first kappa shape index (κ1) is 14.5. The van der Waals surface area contributed by atoms with Crippen molar-refractivity contribution in [3.05, 3.63) is 29.3 Å². The smallest absolute Gasteiger partial charge is 0.252 e. The van der Waals surface area contributed by atoms with Crippen LogP contribution in [0.4, 0.5) is 5.69 Å². The van der Waals surface area contributed by atoms with E-state index in [9.17, 15) is 4.79 Å². The van der Waals surface area contributed by atoms with Gasteiger partial charge in [-0.05, 0) is 36.5 Å². The molecule has 1 amide bonds. The van der Waals surface area contributed by atoms with E-state index in [0.29, 0.717) is 4.83 Å². The van der Waals surface area contributed by atoms with Crippen LogP contribution in [0.2, 0.25) is 0 Å². The molecule has 0 N–H and O–H groups in total. The number of carbonyl (C=O) groups is 1. The number of hydrogen-bond donors (Lipinski definition) is 0. The van der Waals surface area contributed by atoms with Gasteiger partial charge in [0.1, 0.15) is 6.61 Å². The van der Waals surface area contributed by atoms with Crippen LogP contribution in [0.15, 0.2) is 18.2 Å². The highest BCUT2D eigenvalue weighted by Gasteiger charge is 2.22. The largest absolute Gasteiger partial charge is 0.375 e. The summed E-state index contributed by atoms with van der Waals surface area (Å²) in [6.07, 6.45) is 3.09. The number of nitrogens with zero attached hydrogens (tertiary/aromatic N) is 1. The lowest BCUT2D eigenvalue weighted by molar-refractivity contribution is -0.122. The number of benzene rings is 1. The average Bonchev–Trinajstić information content (AvgIpc) is 2.37. The van der Waals surface area contributed by atoms with E-state index in [1.165, 1.54) is 11.1 Å². The number of carbonyl (C=O) groups excluding carboxylic acids is 1. The maximum Gasteiger partial charge on any atom is 0.252 e. The molecule has 1 aromatic carbocycles. The summed E-state index contributed by atoms with van der Waals surface area (Å²) in [7, 11) is 1.56. The minimum absolute atomic E-state index is 0.0464. The molecule has 0 radical (unpaired) electrons. The third kappa shape index (κ3) is 3.57. The lowest BCUT2D eigenvalue weighted by Crippen LogP contribution is -2.37. The molecule has 1 atom stereocenters. The van der Waals surface area contributed by atoms with Gasteiger partial charge in [-0.1, -0.05) is 35.0 Å². The molecule has 0 saturated heterocycles.